The number of hydrogen-bond acceptors (Lipinski definition) is 3. The van der Waals surface area contributed by atoms with E-state index >= 15 is 0 Å². The molecule has 5 nitrogen and oxygen atoms in total. The Labute approximate surface area is 142 Å². The van der Waals surface area contributed by atoms with E-state index in [1.165, 1.54) is 0 Å². The Balaban J connectivity index is 1.89. The normalized spacial score (nSPS) is 10.3. The minimum Gasteiger partial charge on any atom is -0.484 e. The van der Waals surface area contributed by atoms with Crippen LogP contribution in [0, 0.1) is 0 Å². The van der Waals surface area contributed by atoms with Crippen LogP contribution in [0.3, 0.4) is 0 Å². The second-order valence-electron chi connectivity index (χ2n) is 5.71. The van der Waals surface area contributed by atoms with Crippen molar-refractivity contribution >= 4 is 11.8 Å². The first-order chi connectivity index (χ1) is 11.5. The summed E-state index contributed by atoms with van der Waals surface area (Å²) in [5, 5.41) is 5.61. The molecule has 0 unspecified atom stereocenters. The van der Waals surface area contributed by atoms with Gasteiger partial charge in [0.05, 0.1) is 0 Å². The second-order valence-corrected chi connectivity index (χ2v) is 5.71. The van der Waals surface area contributed by atoms with Crippen molar-refractivity contribution in [3.63, 3.8) is 0 Å². The smallest absolute Gasteiger partial charge is 0.258 e. The third kappa shape index (κ3) is 5.76. The lowest BCUT2D eigenvalue weighted by atomic mass is 10.2. The average Bonchev–Trinajstić information content (AvgIpc) is 2.58. The minimum atomic E-state index is -0.191. The molecule has 2 aromatic rings. The molecule has 0 heterocycles. The number of carbonyl (C=O) groups excluding carboxylic acids is 2. The lowest BCUT2D eigenvalue weighted by molar-refractivity contribution is -0.123. The molecule has 0 aliphatic carbocycles. The van der Waals surface area contributed by atoms with E-state index in [1.807, 2.05) is 44.2 Å². The number of carbonyl (C=O) groups is 2. The summed E-state index contributed by atoms with van der Waals surface area (Å²) in [5.74, 6) is 0.112. The summed E-state index contributed by atoms with van der Waals surface area (Å²) >= 11 is 0. The molecule has 2 N–H and O–H groups in total. The predicted octanol–water partition coefficient (Wildman–Crippen LogP) is 2.52. The average molecular weight is 326 g/mol. The van der Waals surface area contributed by atoms with Crippen molar-refractivity contribution in [3.05, 3.63) is 65.7 Å². The van der Waals surface area contributed by atoms with Gasteiger partial charge in [-0.2, -0.15) is 0 Å². The molecular weight excluding hydrogens is 304 g/mol. The topological polar surface area (TPSA) is 67.4 Å². The number of amides is 2. The SMILES string of the molecule is CC(C)NC(=O)COc1cccc(C(=O)NCc2ccccc2)c1. The molecule has 0 bridgehead atoms. The van der Waals surface area contributed by atoms with Crippen molar-refractivity contribution in [1.29, 1.82) is 0 Å². The van der Waals surface area contributed by atoms with E-state index in [2.05, 4.69) is 10.6 Å². The summed E-state index contributed by atoms with van der Waals surface area (Å²) in [6.07, 6.45) is 0. The highest BCUT2D eigenvalue weighted by atomic mass is 16.5. The van der Waals surface area contributed by atoms with Gasteiger partial charge in [0.15, 0.2) is 6.61 Å². The highest BCUT2D eigenvalue weighted by molar-refractivity contribution is 5.94. The summed E-state index contributed by atoms with van der Waals surface area (Å²) < 4.78 is 5.43. The summed E-state index contributed by atoms with van der Waals surface area (Å²) in [4.78, 5) is 23.8. The van der Waals surface area contributed by atoms with Crippen molar-refractivity contribution in [1.82, 2.24) is 10.6 Å². The largest absolute Gasteiger partial charge is 0.484 e. The molecule has 0 saturated heterocycles. The van der Waals surface area contributed by atoms with Crippen LogP contribution in [0.25, 0.3) is 0 Å². The molecular formula is C19H22N2O3. The fourth-order valence-electron chi connectivity index (χ4n) is 2.12. The van der Waals surface area contributed by atoms with Crippen LogP contribution in [0.1, 0.15) is 29.8 Å². The van der Waals surface area contributed by atoms with Crippen LogP contribution in [0.15, 0.2) is 54.6 Å². The number of ether oxygens (including phenoxy) is 1. The molecule has 0 aliphatic rings. The summed E-state index contributed by atoms with van der Waals surface area (Å²) in [7, 11) is 0. The van der Waals surface area contributed by atoms with Gasteiger partial charge in [0.1, 0.15) is 5.75 Å². The standard InChI is InChI=1S/C19H22N2O3/c1-14(2)21-18(22)13-24-17-10-6-9-16(11-17)19(23)20-12-15-7-4-3-5-8-15/h3-11,14H,12-13H2,1-2H3,(H,20,23)(H,21,22). The minimum absolute atomic E-state index is 0.0659. The van der Waals surface area contributed by atoms with Gasteiger partial charge in [-0.1, -0.05) is 36.4 Å². The van der Waals surface area contributed by atoms with E-state index in [1.54, 1.807) is 24.3 Å². The van der Waals surface area contributed by atoms with Crippen LogP contribution in [-0.2, 0) is 11.3 Å². The zero-order valence-electron chi connectivity index (χ0n) is 13.9. The van der Waals surface area contributed by atoms with Gasteiger partial charge in [-0.15, -0.1) is 0 Å². The van der Waals surface area contributed by atoms with Crippen LogP contribution < -0.4 is 15.4 Å². The van der Waals surface area contributed by atoms with Gasteiger partial charge in [0, 0.05) is 18.2 Å². The zero-order valence-corrected chi connectivity index (χ0v) is 13.9. The zero-order chi connectivity index (χ0) is 17.4. The van der Waals surface area contributed by atoms with Gasteiger partial charge < -0.3 is 15.4 Å². The fourth-order valence-corrected chi connectivity index (χ4v) is 2.12. The maximum Gasteiger partial charge on any atom is 0.258 e. The first-order valence-corrected chi connectivity index (χ1v) is 7.89. The van der Waals surface area contributed by atoms with Gasteiger partial charge in [0.25, 0.3) is 11.8 Å². The Hall–Kier alpha value is -2.82. The highest BCUT2D eigenvalue weighted by Gasteiger charge is 2.08. The van der Waals surface area contributed by atoms with E-state index in [0.29, 0.717) is 17.9 Å². The van der Waals surface area contributed by atoms with Crippen molar-refractivity contribution < 1.29 is 14.3 Å². The highest BCUT2D eigenvalue weighted by Crippen LogP contribution is 2.13. The molecule has 0 fully saturated rings. The van der Waals surface area contributed by atoms with Gasteiger partial charge in [0.2, 0.25) is 0 Å². The Morgan fingerprint density at radius 3 is 2.50 bits per heavy atom. The molecule has 2 aromatic carbocycles. The molecule has 0 saturated carbocycles. The maximum atomic E-state index is 12.2. The Bertz CT molecular complexity index is 684. The van der Waals surface area contributed by atoms with E-state index in [0.717, 1.165) is 5.56 Å². The lowest BCUT2D eigenvalue weighted by Crippen LogP contribution is -2.34. The molecule has 2 rings (SSSR count). The number of hydrogen-bond donors (Lipinski definition) is 2. The molecule has 0 aliphatic heterocycles. The van der Waals surface area contributed by atoms with Crippen LogP contribution in [0.2, 0.25) is 0 Å². The van der Waals surface area contributed by atoms with Crippen molar-refractivity contribution in [2.45, 2.75) is 26.4 Å². The molecule has 2 amide bonds. The van der Waals surface area contributed by atoms with Crippen LogP contribution >= 0.6 is 0 Å². The molecule has 0 radical (unpaired) electrons. The number of rotatable bonds is 7. The van der Waals surface area contributed by atoms with E-state index in [4.69, 9.17) is 4.74 Å². The lowest BCUT2D eigenvalue weighted by Gasteiger charge is -2.11. The first-order valence-electron chi connectivity index (χ1n) is 7.89. The van der Waals surface area contributed by atoms with Gasteiger partial charge in [-0.3, -0.25) is 9.59 Å². The summed E-state index contributed by atoms with van der Waals surface area (Å²) in [5.41, 5.74) is 1.52. The van der Waals surface area contributed by atoms with Crippen LogP contribution in [-0.4, -0.2) is 24.5 Å². The fraction of sp³-hybridized carbons (Fsp3) is 0.263. The quantitative estimate of drug-likeness (QED) is 0.821. The van der Waals surface area contributed by atoms with Crippen LogP contribution in [0.5, 0.6) is 5.75 Å². The Kier molecular flexibility index (Phi) is 6.37. The molecule has 0 aromatic heterocycles. The third-order valence-electron chi connectivity index (χ3n) is 3.21. The third-order valence-corrected chi connectivity index (χ3v) is 3.21. The molecule has 0 spiro atoms. The molecule has 5 heteroatoms. The van der Waals surface area contributed by atoms with Gasteiger partial charge in [-0.25, -0.2) is 0 Å². The second kappa shape index (κ2) is 8.72. The van der Waals surface area contributed by atoms with Crippen LogP contribution in [0.4, 0.5) is 0 Å². The predicted molar refractivity (Wildman–Crippen MR) is 92.8 cm³/mol. The monoisotopic (exact) mass is 326 g/mol. The van der Waals surface area contributed by atoms with Crippen molar-refractivity contribution in [3.8, 4) is 5.75 Å². The summed E-state index contributed by atoms with van der Waals surface area (Å²) in [6.45, 7) is 4.15. The number of nitrogens with one attached hydrogen (secondary N) is 2. The van der Waals surface area contributed by atoms with Gasteiger partial charge >= 0.3 is 0 Å². The summed E-state index contributed by atoms with van der Waals surface area (Å²) in [6, 6.07) is 16.5. The molecule has 126 valence electrons. The first kappa shape index (κ1) is 17.5. The Morgan fingerprint density at radius 2 is 1.79 bits per heavy atom. The van der Waals surface area contributed by atoms with E-state index < -0.39 is 0 Å². The van der Waals surface area contributed by atoms with Crippen molar-refractivity contribution in [2.24, 2.45) is 0 Å². The maximum absolute atomic E-state index is 12.2. The Morgan fingerprint density at radius 1 is 1.04 bits per heavy atom. The van der Waals surface area contributed by atoms with Crippen molar-refractivity contribution in [2.75, 3.05) is 6.61 Å². The molecule has 0 atom stereocenters. The van der Waals surface area contributed by atoms with Gasteiger partial charge in [-0.05, 0) is 37.6 Å². The number of benzene rings is 2. The molecule has 24 heavy (non-hydrogen) atoms. The van der Waals surface area contributed by atoms with E-state index in [9.17, 15) is 9.59 Å². The van der Waals surface area contributed by atoms with E-state index in [-0.39, 0.29) is 24.5 Å².